The molecule has 15 heavy (non-hydrogen) atoms. The van der Waals surface area contributed by atoms with Crippen LogP contribution in [0.3, 0.4) is 0 Å². The fourth-order valence-corrected chi connectivity index (χ4v) is 1.70. The second kappa shape index (κ2) is 4.96. The maximum Gasteiger partial charge on any atom is 0.257 e. The van der Waals surface area contributed by atoms with E-state index in [-0.39, 0.29) is 5.91 Å². The van der Waals surface area contributed by atoms with Gasteiger partial charge in [0, 0.05) is 18.8 Å². The molecule has 0 aromatic carbocycles. The number of H-pyrrole nitrogens is 1. The molecule has 0 fully saturated rings. The van der Waals surface area contributed by atoms with E-state index in [0.29, 0.717) is 0 Å². The number of aromatic amines is 1. The van der Waals surface area contributed by atoms with Crippen LogP contribution < -0.4 is 0 Å². The second-order valence-corrected chi connectivity index (χ2v) is 3.69. The molecule has 0 aliphatic rings. The van der Waals surface area contributed by atoms with Crippen LogP contribution in [0, 0.1) is 13.8 Å². The van der Waals surface area contributed by atoms with Crippen molar-refractivity contribution in [2.45, 2.75) is 34.1 Å². The second-order valence-electron chi connectivity index (χ2n) is 3.69. The summed E-state index contributed by atoms with van der Waals surface area (Å²) >= 11 is 0. The first-order chi connectivity index (χ1) is 7.11. The van der Waals surface area contributed by atoms with Gasteiger partial charge < -0.3 is 4.90 Å². The SMILES string of the molecule is CCCN(CC)C(=O)c1c(C)n[nH]c1C. The summed E-state index contributed by atoms with van der Waals surface area (Å²) in [6, 6.07) is 0. The summed E-state index contributed by atoms with van der Waals surface area (Å²) in [4.78, 5) is 14.0. The maximum absolute atomic E-state index is 12.1. The van der Waals surface area contributed by atoms with Crippen molar-refractivity contribution in [2.24, 2.45) is 0 Å². The zero-order valence-corrected chi connectivity index (χ0v) is 9.92. The third-order valence-corrected chi connectivity index (χ3v) is 2.50. The summed E-state index contributed by atoms with van der Waals surface area (Å²) in [5, 5.41) is 6.88. The Kier molecular flexibility index (Phi) is 3.88. The van der Waals surface area contributed by atoms with Gasteiger partial charge in [0.1, 0.15) is 0 Å². The van der Waals surface area contributed by atoms with Crippen molar-refractivity contribution in [2.75, 3.05) is 13.1 Å². The number of rotatable bonds is 4. The summed E-state index contributed by atoms with van der Waals surface area (Å²) in [7, 11) is 0. The van der Waals surface area contributed by atoms with E-state index in [1.807, 2.05) is 25.7 Å². The van der Waals surface area contributed by atoms with Gasteiger partial charge in [-0.1, -0.05) is 6.92 Å². The minimum Gasteiger partial charge on any atom is -0.339 e. The topological polar surface area (TPSA) is 49.0 Å². The van der Waals surface area contributed by atoms with E-state index in [9.17, 15) is 4.79 Å². The highest BCUT2D eigenvalue weighted by Crippen LogP contribution is 2.12. The van der Waals surface area contributed by atoms with E-state index in [2.05, 4.69) is 17.1 Å². The summed E-state index contributed by atoms with van der Waals surface area (Å²) in [6.07, 6.45) is 0.982. The van der Waals surface area contributed by atoms with E-state index in [1.54, 1.807) is 0 Å². The zero-order valence-electron chi connectivity index (χ0n) is 9.92. The zero-order chi connectivity index (χ0) is 11.4. The highest BCUT2D eigenvalue weighted by Gasteiger charge is 2.19. The summed E-state index contributed by atoms with van der Waals surface area (Å²) < 4.78 is 0. The molecule has 1 rings (SSSR count). The lowest BCUT2D eigenvalue weighted by molar-refractivity contribution is 0.0763. The van der Waals surface area contributed by atoms with Crippen molar-refractivity contribution in [3.8, 4) is 0 Å². The van der Waals surface area contributed by atoms with Crippen molar-refractivity contribution >= 4 is 5.91 Å². The molecule has 84 valence electrons. The van der Waals surface area contributed by atoms with Crippen LogP contribution in [0.15, 0.2) is 0 Å². The summed E-state index contributed by atoms with van der Waals surface area (Å²) in [5.74, 6) is 0.0862. The fourth-order valence-electron chi connectivity index (χ4n) is 1.70. The van der Waals surface area contributed by atoms with E-state index in [4.69, 9.17) is 0 Å². The highest BCUT2D eigenvalue weighted by molar-refractivity contribution is 5.96. The van der Waals surface area contributed by atoms with Gasteiger partial charge >= 0.3 is 0 Å². The number of carbonyl (C=O) groups is 1. The van der Waals surface area contributed by atoms with E-state index >= 15 is 0 Å². The monoisotopic (exact) mass is 209 g/mol. The maximum atomic E-state index is 12.1. The molecule has 4 heteroatoms. The van der Waals surface area contributed by atoms with Crippen molar-refractivity contribution in [1.82, 2.24) is 15.1 Å². The quantitative estimate of drug-likeness (QED) is 0.823. The Morgan fingerprint density at radius 3 is 2.47 bits per heavy atom. The van der Waals surface area contributed by atoms with Gasteiger partial charge in [0.25, 0.3) is 5.91 Å². The average molecular weight is 209 g/mol. The predicted molar refractivity (Wildman–Crippen MR) is 59.9 cm³/mol. The number of carbonyl (C=O) groups excluding carboxylic acids is 1. The van der Waals surface area contributed by atoms with Crippen LogP contribution in [-0.2, 0) is 0 Å². The first-order valence-electron chi connectivity index (χ1n) is 5.42. The van der Waals surface area contributed by atoms with E-state index < -0.39 is 0 Å². The first-order valence-corrected chi connectivity index (χ1v) is 5.42. The molecule has 0 spiro atoms. The number of nitrogens with one attached hydrogen (secondary N) is 1. The lowest BCUT2D eigenvalue weighted by Crippen LogP contribution is -2.32. The molecule has 0 saturated heterocycles. The lowest BCUT2D eigenvalue weighted by atomic mass is 10.1. The Balaban J connectivity index is 2.92. The molecule has 1 amide bonds. The van der Waals surface area contributed by atoms with Crippen molar-refractivity contribution in [3.63, 3.8) is 0 Å². The van der Waals surface area contributed by atoms with E-state index in [1.165, 1.54) is 0 Å². The van der Waals surface area contributed by atoms with Crippen LogP contribution in [0.1, 0.15) is 42.0 Å². The van der Waals surface area contributed by atoms with Gasteiger partial charge in [-0.2, -0.15) is 5.10 Å². The Morgan fingerprint density at radius 1 is 1.40 bits per heavy atom. The molecule has 0 atom stereocenters. The predicted octanol–water partition coefficient (Wildman–Crippen LogP) is 1.90. The molecule has 0 saturated carbocycles. The molecule has 4 nitrogen and oxygen atoms in total. The van der Waals surface area contributed by atoms with Gasteiger partial charge in [-0.15, -0.1) is 0 Å². The van der Waals surface area contributed by atoms with Gasteiger partial charge in [-0.25, -0.2) is 0 Å². The van der Waals surface area contributed by atoms with Gasteiger partial charge in [-0.3, -0.25) is 9.89 Å². The number of aryl methyl sites for hydroxylation is 2. The van der Waals surface area contributed by atoms with Crippen LogP contribution >= 0.6 is 0 Å². The Labute approximate surface area is 90.7 Å². The minimum atomic E-state index is 0.0862. The average Bonchev–Trinajstić information content (AvgIpc) is 2.54. The molecule has 0 unspecified atom stereocenters. The Morgan fingerprint density at radius 2 is 2.07 bits per heavy atom. The fraction of sp³-hybridized carbons (Fsp3) is 0.636. The Hall–Kier alpha value is -1.32. The lowest BCUT2D eigenvalue weighted by Gasteiger charge is -2.20. The highest BCUT2D eigenvalue weighted by atomic mass is 16.2. The number of aromatic nitrogens is 2. The van der Waals surface area contributed by atoms with Crippen molar-refractivity contribution in [1.29, 1.82) is 0 Å². The largest absolute Gasteiger partial charge is 0.339 e. The third-order valence-electron chi connectivity index (χ3n) is 2.50. The van der Waals surface area contributed by atoms with Crippen LogP contribution in [-0.4, -0.2) is 34.1 Å². The van der Waals surface area contributed by atoms with Crippen molar-refractivity contribution in [3.05, 3.63) is 17.0 Å². The molecule has 1 aromatic heterocycles. The molecule has 1 heterocycles. The molecular formula is C11H19N3O. The van der Waals surface area contributed by atoms with Gasteiger partial charge in [0.2, 0.25) is 0 Å². The summed E-state index contributed by atoms with van der Waals surface area (Å²) in [6.45, 7) is 9.36. The number of hydrogen-bond acceptors (Lipinski definition) is 2. The minimum absolute atomic E-state index is 0.0862. The molecule has 1 N–H and O–H groups in total. The molecule has 1 aromatic rings. The summed E-state index contributed by atoms with van der Waals surface area (Å²) in [5.41, 5.74) is 2.37. The van der Waals surface area contributed by atoms with Gasteiger partial charge in [0.05, 0.1) is 11.3 Å². The van der Waals surface area contributed by atoms with Gasteiger partial charge in [-0.05, 0) is 27.2 Å². The molecular weight excluding hydrogens is 190 g/mol. The molecule has 0 aliphatic heterocycles. The molecule has 0 bridgehead atoms. The Bertz CT molecular complexity index is 324. The molecule has 0 radical (unpaired) electrons. The number of nitrogens with zero attached hydrogens (tertiary/aromatic N) is 2. The normalized spacial score (nSPS) is 10.4. The van der Waals surface area contributed by atoms with Gasteiger partial charge in [0.15, 0.2) is 0 Å². The van der Waals surface area contributed by atoms with Crippen LogP contribution in [0.2, 0.25) is 0 Å². The molecule has 0 aliphatic carbocycles. The third kappa shape index (κ3) is 2.37. The van der Waals surface area contributed by atoms with E-state index in [0.717, 1.165) is 36.5 Å². The van der Waals surface area contributed by atoms with Crippen LogP contribution in [0.4, 0.5) is 0 Å². The van der Waals surface area contributed by atoms with Crippen LogP contribution in [0.25, 0.3) is 0 Å². The van der Waals surface area contributed by atoms with Crippen molar-refractivity contribution < 1.29 is 4.79 Å². The smallest absolute Gasteiger partial charge is 0.257 e. The van der Waals surface area contributed by atoms with Crippen LogP contribution in [0.5, 0.6) is 0 Å². The first kappa shape index (κ1) is 11.8. The number of hydrogen-bond donors (Lipinski definition) is 1. The number of amides is 1. The standard InChI is InChI=1S/C11H19N3O/c1-5-7-14(6-2)11(15)10-8(3)12-13-9(10)4/h5-7H2,1-4H3,(H,12,13).